The smallest absolute Gasteiger partial charge is 0.157 e. The highest BCUT2D eigenvalue weighted by atomic mass is 16.5. The lowest BCUT2D eigenvalue weighted by molar-refractivity contribution is 0.122. The SMILES string of the molecule is CCc1ccc2cc(C(O)C3=CC(OCc4ccccc4)=C(OCc4ccccc4)CC3C)oc2c1. The third kappa shape index (κ3) is 5.39. The van der Waals surface area contributed by atoms with Crippen molar-refractivity contribution < 1.29 is 19.0 Å². The molecule has 2 atom stereocenters. The lowest BCUT2D eigenvalue weighted by Gasteiger charge is -2.27. The van der Waals surface area contributed by atoms with Gasteiger partial charge in [0.25, 0.3) is 0 Å². The molecule has 1 aliphatic carbocycles. The minimum atomic E-state index is -0.858. The van der Waals surface area contributed by atoms with E-state index >= 15 is 0 Å². The van der Waals surface area contributed by atoms with Gasteiger partial charge in [-0.15, -0.1) is 0 Å². The molecule has 0 bridgehead atoms. The highest BCUT2D eigenvalue weighted by Gasteiger charge is 2.29. The van der Waals surface area contributed by atoms with E-state index in [-0.39, 0.29) is 5.92 Å². The van der Waals surface area contributed by atoms with Gasteiger partial charge in [-0.3, -0.25) is 0 Å². The quantitative estimate of drug-likeness (QED) is 0.267. The Morgan fingerprint density at radius 2 is 1.53 bits per heavy atom. The third-order valence-corrected chi connectivity index (χ3v) is 6.72. The molecule has 0 spiro atoms. The number of aliphatic hydroxyl groups is 1. The van der Waals surface area contributed by atoms with Crippen molar-refractivity contribution in [3.63, 3.8) is 0 Å². The summed E-state index contributed by atoms with van der Waals surface area (Å²) in [5, 5.41) is 12.4. The molecule has 0 saturated carbocycles. The molecule has 184 valence electrons. The van der Waals surface area contributed by atoms with Crippen molar-refractivity contribution in [3.8, 4) is 0 Å². The lowest BCUT2D eigenvalue weighted by atomic mass is 9.87. The lowest BCUT2D eigenvalue weighted by Crippen LogP contribution is -2.17. The summed E-state index contributed by atoms with van der Waals surface area (Å²) in [5.41, 5.74) is 5.05. The van der Waals surface area contributed by atoms with Crippen LogP contribution in [-0.4, -0.2) is 5.11 Å². The van der Waals surface area contributed by atoms with E-state index in [4.69, 9.17) is 13.9 Å². The number of hydrogen-bond acceptors (Lipinski definition) is 4. The predicted molar refractivity (Wildman–Crippen MR) is 142 cm³/mol. The number of aryl methyl sites for hydroxylation is 1. The number of rotatable bonds is 9. The Kier molecular flexibility index (Phi) is 7.24. The maximum atomic E-state index is 11.4. The molecule has 0 saturated heterocycles. The molecule has 1 aliphatic rings. The van der Waals surface area contributed by atoms with Crippen LogP contribution in [0.4, 0.5) is 0 Å². The molecule has 2 unspecified atom stereocenters. The maximum Gasteiger partial charge on any atom is 0.157 e. The van der Waals surface area contributed by atoms with Crippen LogP contribution in [0.3, 0.4) is 0 Å². The van der Waals surface area contributed by atoms with Crippen molar-refractivity contribution in [2.45, 2.75) is 46.0 Å². The van der Waals surface area contributed by atoms with Crippen LogP contribution in [0.2, 0.25) is 0 Å². The van der Waals surface area contributed by atoms with Crippen LogP contribution in [0.1, 0.15) is 48.8 Å². The highest BCUT2D eigenvalue weighted by Crippen LogP contribution is 2.39. The summed E-state index contributed by atoms with van der Waals surface area (Å²) in [5.74, 6) is 2.07. The first-order valence-electron chi connectivity index (χ1n) is 12.6. The molecular weight excluding hydrogens is 448 g/mol. The number of furan rings is 1. The van der Waals surface area contributed by atoms with Gasteiger partial charge in [0.1, 0.15) is 36.4 Å². The number of allylic oxidation sites excluding steroid dienone is 2. The first kappa shape index (κ1) is 24.0. The summed E-state index contributed by atoms with van der Waals surface area (Å²) >= 11 is 0. The fraction of sp³-hybridized carbons (Fsp3) is 0.250. The fourth-order valence-electron chi connectivity index (χ4n) is 4.57. The summed E-state index contributed by atoms with van der Waals surface area (Å²) in [4.78, 5) is 0. The van der Waals surface area contributed by atoms with Gasteiger partial charge in [-0.2, -0.15) is 0 Å². The minimum Gasteiger partial charge on any atom is -0.489 e. The largest absolute Gasteiger partial charge is 0.489 e. The van der Waals surface area contributed by atoms with Crippen LogP contribution >= 0.6 is 0 Å². The highest BCUT2D eigenvalue weighted by molar-refractivity contribution is 5.78. The van der Waals surface area contributed by atoms with Crippen LogP contribution < -0.4 is 0 Å². The number of aliphatic hydroxyl groups excluding tert-OH is 1. The monoisotopic (exact) mass is 480 g/mol. The van der Waals surface area contributed by atoms with E-state index in [1.54, 1.807) is 0 Å². The summed E-state index contributed by atoms with van der Waals surface area (Å²) in [7, 11) is 0. The van der Waals surface area contributed by atoms with E-state index in [0.29, 0.717) is 31.2 Å². The molecule has 0 aliphatic heterocycles. The second-order valence-electron chi connectivity index (χ2n) is 9.36. The zero-order chi connectivity index (χ0) is 24.9. The van der Waals surface area contributed by atoms with E-state index in [1.165, 1.54) is 5.56 Å². The van der Waals surface area contributed by atoms with Crippen molar-refractivity contribution in [2.75, 3.05) is 0 Å². The molecule has 4 aromatic rings. The first-order chi connectivity index (χ1) is 17.6. The van der Waals surface area contributed by atoms with Gasteiger partial charge in [0, 0.05) is 11.8 Å². The van der Waals surface area contributed by atoms with Gasteiger partial charge in [-0.1, -0.05) is 86.6 Å². The van der Waals surface area contributed by atoms with Gasteiger partial charge in [-0.25, -0.2) is 0 Å². The maximum absolute atomic E-state index is 11.4. The van der Waals surface area contributed by atoms with E-state index in [2.05, 4.69) is 26.0 Å². The van der Waals surface area contributed by atoms with Crippen LogP contribution in [0.5, 0.6) is 0 Å². The average Bonchev–Trinajstić information content (AvgIpc) is 3.35. The average molecular weight is 481 g/mol. The van der Waals surface area contributed by atoms with E-state index < -0.39 is 6.10 Å². The number of fused-ring (bicyclic) bond motifs is 1. The van der Waals surface area contributed by atoms with Crippen LogP contribution in [0, 0.1) is 5.92 Å². The minimum absolute atomic E-state index is 0.0641. The van der Waals surface area contributed by atoms with Crippen molar-refractivity contribution >= 4 is 11.0 Å². The molecule has 1 N–H and O–H groups in total. The van der Waals surface area contributed by atoms with Gasteiger partial charge >= 0.3 is 0 Å². The van der Waals surface area contributed by atoms with Crippen molar-refractivity contribution in [1.82, 2.24) is 0 Å². The van der Waals surface area contributed by atoms with Crippen molar-refractivity contribution in [1.29, 1.82) is 0 Å². The topological polar surface area (TPSA) is 51.8 Å². The van der Waals surface area contributed by atoms with Gasteiger partial charge in [0.2, 0.25) is 0 Å². The van der Waals surface area contributed by atoms with Gasteiger partial charge < -0.3 is 19.0 Å². The molecule has 5 rings (SSSR count). The fourth-order valence-corrected chi connectivity index (χ4v) is 4.57. The zero-order valence-electron chi connectivity index (χ0n) is 20.8. The summed E-state index contributed by atoms with van der Waals surface area (Å²) < 4.78 is 18.6. The number of hydrogen-bond donors (Lipinski definition) is 1. The Labute approximate surface area is 212 Å². The standard InChI is InChI=1S/C32H32O4/c1-3-23-14-15-26-18-31(36-28(26)17-23)32(33)27-19-30(35-21-25-12-8-5-9-13-25)29(16-22(27)2)34-20-24-10-6-4-7-11-24/h4-15,17-19,22,32-33H,3,16,20-21H2,1-2H3. The predicted octanol–water partition coefficient (Wildman–Crippen LogP) is 7.64. The first-order valence-corrected chi connectivity index (χ1v) is 12.6. The normalized spacial score (nSPS) is 16.6. The Balaban J connectivity index is 1.43. The molecule has 4 heteroatoms. The Morgan fingerprint density at radius 3 is 2.19 bits per heavy atom. The molecule has 36 heavy (non-hydrogen) atoms. The Hall–Kier alpha value is -3.76. The van der Waals surface area contributed by atoms with Crippen molar-refractivity contribution in [3.05, 3.63) is 131 Å². The van der Waals surface area contributed by atoms with Gasteiger partial charge in [-0.05, 0) is 52.8 Å². The zero-order valence-corrected chi connectivity index (χ0v) is 20.8. The summed E-state index contributed by atoms with van der Waals surface area (Å²) in [6.45, 7) is 5.12. The van der Waals surface area contributed by atoms with Crippen molar-refractivity contribution in [2.24, 2.45) is 5.92 Å². The van der Waals surface area contributed by atoms with E-state index in [1.807, 2.05) is 78.9 Å². The van der Waals surface area contributed by atoms with Gasteiger partial charge in [0.15, 0.2) is 5.76 Å². The molecule has 4 nitrogen and oxygen atoms in total. The number of benzene rings is 3. The second kappa shape index (κ2) is 10.9. The summed E-state index contributed by atoms with van der Waals surface area (Å²) in [6.07, 6.45) is 2.66. The molecule has 0 amide bonds. The van der Waals surface area contributed by atoms with Crippen LogP contribution in [0.25, 0.3) is 11.0 Å². The second-order valence-corrected chi connectivity index (χ2v) is 9.36. The van der Waals surface area contributed by atoms with E-state index in [9.17, 15) is 5.11 Å². The molecule has 1 heterocycles. The summed E-state index contributed by atoms with van der Waals surface area (Å²) in [6, 6.07) is 28.3. The third-order valence-electron chi connectivity index (χ3n) is 6.72. The Morgan fingerprint density at radius 1 is 0.861 bits per heavy atom. The molecule has 0 radical (unpaired) electrons. The molecule has 1 aromatic heterocycles. The van der Waals surface area contributed by atoms with Crippen LogP contribution in [0.15, 0.2) is 113 Å². The molecule has 0 fully saturated rings. The molecular formula is C32H32O4. The Bertz CT molecular complexity index is 1370. The molecule has 3 aromatic carbocycles. The number of ether oxygens (including phenoxy) is 2. The van der Waals surface area contributed by atoms with Gasteiger partial charge in [0.05, 0.1) is 0 Å². The van der Waals surface area contributed by atoms with Crippen LogP contribution in [-0.2, 0) is 29.1 Å². The van der Waals surface area contributed by atoms with E-state index in [0.717, 1.165) is 39.8 Å².